The van der Waals surface area contributed by atoms with Crippen molar-refractivity contribution in [3.8, 4) is 0 Å². The molecule has 18 heavy (non-hydrogen) atoms. The summed E-state index contributed by atoms with van der Waals surface area (Å²) in [6, 6.07) is 0. The van der Waals surface area contributed by atoms with Crippen LogP contribution < -0.4 is 0 Å². The lowest BCUT2D eigenvalue weighted by Crippen LogP contribution is -2.41. The second kappa shape index (κ2) is 5.95. The fourth-order valence-electron chi connectivity index (χ4n) is 2.35. The van der Waals surface area contributed by atoms with E-state index < -0.39 is 0 Å². The lowest BCUT2D eigenvalue weighted by atomic mass is 9.92. The molecule has 0 aliphatic carbocycles. The molecular formula is C12H20N4O2. The minimum Gasteiger partial charge on any atom is -0.393 e. The molecule has 6 heteroatoms. The molecule has 2 rings (SSSR count). The zero-order chi connectivity index (χ0) is 13.0. The van der Waals surface area contributed by atoms with E-state index >= 15 is 0 Å². The number of aryl methyl sites for hydroxylation is 1. The molecule has 1 saturated heterocycles. The van der Waals surface area contributed by atoms with Crippen LogP contribution in [0, 0.1) is 5.92 Å². The highest BCUT2D eigenvalue weighted by Crippen LogP contribution is 2.20. The van der Waals surface area contributed by atoms with Crippen LogP contribution in [0.4, 0.5) is 0 Å². The highest BCUT2D eigenvalue weighted by Gasteiger charge is 2.25. The van der Waals surface area contributed by atoms with Gasteiger partial charge in [-0.25, -0.2) is 4.98 Å². The number of likely N-dealkylation sites (tertiary alicyclic amines) is 1. The minimum atomic E-state index is -0.266. The summed E-state index contributed by atoms with van der Waals surface area (Å²) in [5, 5.41) is 13.5. The van der Waals surface area contributed by atoms with Crippen molar-refractivity contribution in [3.63, 3.8) is 0 Å². The number of hydrogen-bond donors (Lipinski definition) is 1. The molecule has 1 N–H and O–H groups in total. The molecular weight excluding hydrogens is 232 g/mol. The van der Waals surface area contributed by atoms with E-state index in [4.69, 9.17) is 0 Å². The van der Waals surface area contributed by atoms with Gasteiger partial charge in [0, 0.05) is 19.5 Å². The molecule has 0 bridgehead atoms. The molecule has 1 unspecified atom stereocenters. The monoisotopic (exact) mass is 252 g/mol. The first kappa shape index (κ1) is 13.0. The first-order valence-electron chi connectivity index (χ1n) is 6.45. The Morgan fingerprint density at radius 1 is 1.50 bits per heavy atom. The first-order valence-corrected chi connectivity index (χ1v) is 6.45. The van der Waals surface area contributed by atoms with E-state index in [0.29, 0.717) is 18.9 Å². The van der Waals surface area contributed by atoms with Gasteiger partial charge < -0.3 is 10.0 Å². The van der Waals surface area contributed by atoms with Crippen LogP contribution in [0.5, 0.6) is 0 Å². The predicted octanol–water partition coefficient (Wildman–Crippen LogP) is 0.288. The maximum atomic E-state index is 12.0. The molecule has 0 aromatic carbocycles. The molecule has 6 nitrogen and oxygen atoms in total. The number of aromatic nitrogens is 3. The average molecular weight is 252 g/mol. The number of nitrogens with zero attached hydrogens (tertiary/aromatic N) is 4. The van der Waals surface area contributed by atoms with Gasteiger partial charge in [0.1, 0.15) is 12.7 Å². The van der Waals surface area contributed by atoms with Crippen LogP contribution >= 0.6 is 0 Å². The van der Waals surface area contributed by atoms with Crippen molar-refractivity contribution in [2.45, 2.75) is 38.8 Å². The van der Waals surface area contributed by atoms with E-state index in [9.17, 15) is 9.90 Å². The van der Waals surface area contributed by atoms with Gasteiger partial charge in [-0.05, 0) is 25.7 Å². The molecule has 100 valence electrons. The normalized spacial score (nSPS) is 18.9. The smallest absolute Gasteiger partial charge is 0.224 e. The Morgan fingerprint density at radius 3 is 2.78 bits per heavy atom. The van der Waals surface area contributed by atoms with Crippen molar-refractivity contribution in [2.75, 3.05) is 13.1 Å². The first-order chi connectivity index (χ1) is 8.66. The Morgan fingerprint density at radius 2 is 2.22 bits per heavy atom. The summed E-state index contributed by atoms with van der Waals surface area (Å²) in [7, 11) is 0. The summed E-state index contributed by atoms with van der Waals surface area (Å²) in [6.07, 6.45) is 5.07. The van der Waals surface area contributed by atoms with Gasteiger partial charge in [-0.2, -0.15) is 5.10 Å². The van der Waals surface area contributed by atoms with E-state index in [2.05, 4.69) is 10.1 Å². The lowest BCUT2D eigenvalue weighted by molar-refractivity contribution is -0.133. The standard InChI is InChI=1S/C12H20N4O2/c1-10(17)11-2-5-15(6-3-11)12(18)4-7-16-9-13-8-14-16/h8-11,17H,2-7H2,1H3. The predicted molar refractivity (Wildman–Crippen MR) is 65.6 cm³/mol. The molecule has 0 radical (unpaired) electrons. The molecule has 1 fully saturated rings. The third-order valence-corrected chi connectivity index (χ3v) is 3.60. The number of hydrogen-bond acceptors (Lipinski definition) is 4. The van der Waals surface area contributed by atoms with Crippen molar-refractivity contribution in [3.05, 3.63) is 12.7 Å². The summed E-state index contributed by atoms with van der Waals surface area (Å²) in [4.78, 5) is 17.7. The van der Waals surface area contributed by atoms with Gasteiger partial charge in [0.2, 0.25) is 5.91 Å². The van der Waals surface area contributed by atoms with Crippen LogP contribution in [0.25, 0.3) is 0 Å². The topological polar surface area (TPSA) is 71.2 Å². The number of piperidine rings is 1. The van der Waals surface area contributed by atoms with Crippen molar-refractivity contribution in [1.82, 2.24) is 19.7 Å². The zero-order valence-electron chi connectivity index (χ0n) is 10.7. The van der Waals surface area contributed by atoms with Crippen LogP contribution in [-0.4, -0.2) is 49.9 Å². The molecule has 1 aromatic rings. The van der Waals surface area contributed by atoms with Crippen molar-refractivity contribution in [1.29, 1.82) is 0 Å². The van der Waals surface area contributed by atoms with Crippen LogP contribution in [0.15, 0.2) is 12.7 Å². The number of carbonyl (C=O) groups excluding carboxylic acids is 1. The van der Waals surface area contributed by atoms with Gasteiger partial charge in [0.25, 0.3) is 0 Å². The van der Waals surface area contributed by atoms with Gasteiger partial charge in [0.05, 0.1) is 12.6 Å². The van der Waals surface area contributed by atoms with Gasteiger partial charge >= 0.3 is 0 Å². The third-order valence-electron chi connectivity index (χ3n) is 3.60. The second-order valence-corrected chi connectivity index (χ2v) is 4.87. The highest BCUT2D eigenvalue weighted by molar-refractivity contribution is 5.76. The van der Waals surface area contributed by atoms with Gasteiger partial charge in [-0.3, -0.25) is 9.48 Å². The summed E-state index contributed by atoms with van der Waals surface area (Å²) in [6.45, 7) is 3.92. The van der Waals surface area contributed by atoms with Gasteiger partial charge in [0.15, 0.2) is 0 Å². The molecule has 2 heterocycles. The number of carbonyl (C=O) groups is 1. The third kappa shape index (κ3) is 3.29. The van der Waals surface area contributed by atoms with Crippen LogP contribution in [0.1, 0.15) is 26.2 Å². The quantitative estimate of drug-likeness (QED) is 0.836. The Labute approximate surface area is 107 Å². The Bertz CT molecular complexity index is 369. The van der Waals surface area contributed by atoms with Crippen LogP contribution in [0.3, 0.4) is 0 Å². The number of aliphatic hydroxyl groups is 1. The van der Waals surface area contributed by atoms with Crippen molar-refractivity contribution < 1.29 is 9.90 Å². The summed E-state index contributed by atoms with van der Waals surface area (Å²) in [5.41, 5.74) is 0. The van der Waals surface area contributed by atoms with E-state index in [0.717, 1.165) is 25.9 Å². The molecule has 1 aliphatic heterocycles. The fourth-order valence-corrected chi connectivity index (χ4v) is 2.35. The fraction of sp³-hybridized carbons (Fsp3) is 0.750. The van der Waals surface area contributed by atoms with E-state index in [-0.39, 0.29) is 12.0 Å². The maximum Gasteiger partial charge on any atom is 0.224 e. The Balaban J connectivity index is 1.74. The number of rotatable bonds is 4. The highest BCUT2D eigenvalue weighted by atomic mass is 16.3. The average Bonchev–Trinajstić information content (AvgIpc) is 2.89. The SMILES string of the molecule is CC(O)C1CCN(C(=O)CCn2cncn2)CC1. The molecule has 1 amide bonds. The van der Waals surface area contributed by atoms with Crippen LogP contribution in [-0.2, 0) is 11.3 Å². The summed E-state index contributed by atoms with van der Waals surface area (Å²) < 4.78 is 1.67. The Kier molecular flexibility index (Phi) is 4.30. The molecule has 1 aliphatic rings. The maximum absolute atomic E-state index is 12.0. The van der Waals surface area contributed by atoms with E-state index in [1.165, 1.54) is 6.33 Å². The van der Waals surface area contributed by atoms with Crippen molar-refractivity contribution >= 4 is 5.91 Å². The summed E-state index contributed by atoms with van der Waals surface area (Å²) in [5.74, 6) is 0.499. The van der Waals surface area contributed by atoms with Crippen LogP contribution in [0.2, 0.25) is 0 Å². The Hall–Kier alpha value is -1.43. The minimum absolute atomic E-state index is 0.162. The van der Waals surface area contributed by atoms with E-state index in [1.807, 2.05) is 11.8 Å². The van der Waals surface area contributed by atoms with Gasteiger partial charge in [-0.1, -0.05) is 0 Å². The lowest BCUT2D eigenvalue weighted by Gasteiger charge is -2.33. The molecule has 1 atom stereocenters. The zero-order valence-corrected chi connectivity index (χ0v) is 10.7. The largest absolute Gasteiger partial charge is 0.393 e. The summed E-state index contributed by atoms with van der Waals surface area (Å²) >= 11 is 0. The molecule has 1 aromatic heterocycles. The number of amides is 1. The molecule has 0 saturated carbocycles. The number of aliphatic hydroxyl groups excluding tert-OH is 1. The molecule has 0 spiro atoms. The van der Waals surface area contributed by atoms with Gasteiger partial charge in [-0.15, -0.1) is 0 Å². The van der Waals surface area contributed by atoms with E-state index in [1.54, 1.807) is 11.0 Å². The second-order valence-electron chi connectivity index (χ2n) is 4.87. The van der Waals surface area contributed by atoms with Crippen molar-refractivity contribution in [2.24, 2.45) is 5.92 Å².